The summed E-state index contributed by atoms with van der Waals surface area (Å²) in [7, 11) is -4.02. The third kappa shape index (κ3) is 6.16. The Morgan fingerprint density at radius 3 is 2.06 bits per heavy atom. The van der Waals surface area contributed by atoms with Crippen molar-refractivity contribution >= 4 is 15.7 Å². The summed E-state index contributed by atoms with van der Waals surface area (Å²) >= 11 is 0. The van der Waals surface area contributed by atoms with E-state index in [9.17, 15) is 39.6 Å². The highest BCUT2D eigenvalue weighted by molar-refractivity contribution is 7.94. The highest BCUT2D eigenvalue weighted by Gasteiger charge is 2.56. The molecule has 1 aromatic carbocycles. The Morgan fingerprint density at radius 2 is 1.56 bits per heavy atom. The minimum atomic E-state index is -5.03. The Morgan fingerprint density at radius 1 is 1.00 bits per heavy atom. The number of carbonyl (C=O) groups excluding carboxylic acids is 1. The third-order valence-corrected chi connectivity index (χ3v) is 9.73. The maximum atomic E-state index is 13.3. The van der Waals surface area contributed by atoms with Crippen LogP contribution >= 0.6 is 0 Å². The Labute approximate surface area is 206 Å². The summed E-state index contributed by atoms with van der Waals surface area (Å²) < 4.78 is 109. The molecular formula is C23H30F6N2O4S. The normalized spacial score (nSPS) is 24.3. The van der Waals surface area contributed by atoms with Crippen LogP contribution < -0.4 is 10.6 Å². The lowest BCUT2D eigenvalue weighted by atomic mass is 10.0. The number of nitrogens with one attached hydrogen (secondary N) is 2. The monoisotopic (exact) mass is 544 g/mol. The van der Waals surface area contributed by atoms with Crippen molar-refractivity contribution in [2.75, 3.05) is 13.2 Å². The van der Waals surface area contributed by atoms with Gasteiger partial charge in [-0.15, -0.1) is 0 Å². The number of carbonyl (C=O) groups is 1. The second-order valence-electron chi connectivity index (χ2n) is 9.68. The number of hydrogen-bond donors (Lipinski definition) is 2. The van der Waals surface area contributed by atoms with Gasteiger partial charge < -0.3 is 15.4 Å². The first-order valence-electron chi connectivity index (χ1n) is 11.7. The van der Waals surface area contributed by atoms with Gasteiger partial charge in [0.25, 0.3) is 0 Å². The van der Waals surface area contributed by atoms with Crippen LogP contribution in [0.3, 0.4) is 0 Å². The first-order chi connectivity index (χ1) is 16.6. The Bertz CT molecular complexity index is 1020. The van der Waals surface area contributed by atoms with E-state index in [-0.39, 0.29) is 31.0 Å². The smallest absolute Gasteiger partial charge is 0.381 e. The van der Waals surface area contributed by atoms with Crippen LogP contribution in [0.4, 0.5) is 26.3 Å². The Hall–Kier alpha value is -1.86. The Kier molecular flexibility index (Phi) is 8.36. The number of alkyl halides is 6. The van der Waals surface area contributed by atoms with Crippen LogP contribution in [0.1, 0.15) is 62.6 Å². The third-order valence-electron chi connectivity index (χ3n) is 6.85. The second kappa shape index (κ2) is 10.5. The maximum absolute atomic E-state index is 13.3. The Balaban J connectivity index is 1.84. The lowest BCUT2D eigenvalue weighted by Gasteiger charge is -2.31. The van der Waals surface area contributed by atoms with Gasteiger partial charge in [-0.3, -0.25) is 4.79 Å². The predicted octanol–water partition coefficient (Wildman–Crippen LogP) is 4.22. The van der Waals surface area contributed by atoms with Crippen LogP contribution in [-0.2, 0) is 38.3 Å². The fraction of sp³-hybridized carbons (Fsp3) is 0.696. The molecule has 13 heteroatoms. The number of halogens is 6. The molecule has 1 amide bonds. The van der Waals surface area contributed by atoms with Crippen molar-refractivity contribution in [2.24, 2.45) is 0 Å². The molecule has 1 saturated carbocycles. The molecule has 1 unspecified atom stereocenters. The summed E-state index contributed by atoms with van der Waals surface area (Å²) in [6.07, 6.45) is -8.23. The number of ether oxygens (including phenoxy) is 1. The quantitative estimate of drug-likeness (QED) is 0.503. The van der Waals surface area contributed by atoms with E-state index in [1.54, 1.807) is 0 Å². The average Bonchev–Trinajstić information content (AvgIpc) is 3.22. The van der Waals surface area contributed by atoms with E-state index in [0.29, 0.717) is 31.8 Å². The second-order valence-corrected chi connectivity index (χ2v) is 12.5. The molecule has 36 heavy (non-hydrogen) atoms. The van der Waals surface area contributed by atoms with Gasteiger partial charge in [-0.2, -0.15) is 26.3 Å². The standard InChI is InChI=1S/C23H30F6N2O4S/c1-14(2)36(33,34)21(6-3-19(12-21)31-18-4-7-35-8-5-18)20(32)30-13-15-9-16(22(24,25)26)11-17(10-15)23(27,28)29/h9-11,14,18-19,31H,3-8,12-13H2,1-2H3,(H,30,32)/t19-,21?/m1/s1. The summed E-state index contributed by atoms with van der Waals surface area (Å²) in [4.78, 5) is 13.3. The molecule has 2 atom stereocenters. The van der Waals surface area contributed by atoms with Gasteiger partial charge in [-0.25, -0.2) is 8.42 Å². The van der Waals surface area contributed by atoms with Crippen LogP contribution in [0, 0.1) is 0 Å². The number of hydrogen-bond acceptors (Lipinski definition) is 5. The lowest BCUT2D eigenvalue weighted by molar-refractivity contribution is -0.143. The van der Waals surface area contributed by atoms with Gasteiger partial charge in [0.1, 0.15) is 0 Å². The molecule has 1 aliphatic carbocycles. The summed E-state index contributed by atoms with van der Waals surface area (Å²) in [5.41, 5.74) is -3.45. The minimum Gasteiger partial charge on any atom is -0.381 e. The molecule has 1 saturated heterocycles. The van der Waals surface area contributed by atoms with Crippen LogP contribution in [0.5, 0.6) is 0 Å². The first kappa shape index (κ1) is 28.7. The summed E-state index contributed by atoms with van der Waals surface area (Å²) in [5, 5.41) is 4.80. The minimum absolute atomic E-state index is 0.000422. The van der Waals surface area contributed by atoms with Crippen molar-refractivity contribution in [3.05, 3.63) is 34.9 Å². The molecule has 1 aromatic rings. The van der Waals surface area contributed by atoms with Gasteiger partial charge in [0, 0.05) is 31.8 Å². The molecule has 1 aliphatic heterocycles. The molecule has 0 bridgehead atoms. The largest absolute Gasteiger partial charge is 0.416 e. The van der Waals surface area contributed by atoms with Crippen LogP contribution in [0.25, 0.3) is 0 Å². The number of benzene rings is 1. The lowest BCUT2D eigenvalue weighted by Crippen LogP contribution is -2.54. The van der Waals surface area contributed by atoms with Crippen LogP contribution in [0.2, 0.25) is 0 Å². The number of amides is 1. The van der Waals surface area contributed by atoms with E-state index in [2.05, 4.69) is 10.6 Å². The van der Waals surface area contributed by atoms with E-state index in [1.807, 2.05) is 0 Å². The van der Waals surface area contributed by atoms with Gasteiger partial charge in [0.2, 0.25) is 5.91 Å². The van der Waals surface area contributed by atoms with Crippen molar-refractivity contribution in [3.63, 3.8) is 0 Å². The molecule has 0 spiro atoms. The molecule has 2 fully saturated rings. The van der Waals surface area contributed by atoms with Crippen molar-refractivity contribution in [3.8, 4) is 0 Å². The molecule has 6 nitrogen and oxygen atoms in total. The van der Waals surface area contributed by atoms with E-state index >= 15 is 0 Å². The fourth-order valence-corrected chi connectivity index (χ4v) is 6.93. The van der Waals surface area contributed by atoms with E-state index in [0.717, 1.165) is 12.8 Å². The SMILES string of the molecule is CC(C)S(=O)(=O)C1(C(=O)NCc2cc(C(F)(F)F)cc(C(F)(F)F)c2)CC[C@@H](NC2CCOCC2)C1. The highest BCUT2D eigenvalue weighted by Crippen LogP contribution is 2.41. The van der Waals surface area contributed by atoms with Crippen molar-refractivity contribution in [1.29, 1.82) is 0 Å². The maximum Gasteiger partial charge on any atom is 0.416 e. The zero-order valence-electron chi connectivity index (χ0n) is 19.9. The average molecular weight is 545 g/mol. The summed E-state index contributed by atoms with van der Waals surface area (Å²) in [5.74, 6) is -0.918. The van der Waals surface area contributed by atoms with Gasteiger partial charge in [-0.05, 0) is 69.7 Å². The zero-order valence-corrected chi connectivity index (χ0v) is 20.7. The van der Waals surface area contributed by atoms with Crippen molar-refractivity contribution in [2.45, 2.75) is 86.9 Å². The predicted molar refractivity (Wildman–Crippen MR) is 120 cm³/mol. The molecule has 2 N–H and O–H groups in total. The highest BCUT2D eigenvalue weighted by atomic mass is 32.2. The summed E-state index contributed by atoms with van der Waals surface area (Å²) in [6, 6.07) is 0.861. The first-order valence-corrected chi connectivity index (χ1v) is 13.2. The van der Waals surface area contributed by atoms with Gasteiger partial charge in [0.05, 0.1) is 16.4 Å². The molecule has 3 rings (SSSR count). The van der Waals surface area contributed by atoms with Gasteiger partial charge in [-0.1, -0.05) is 0 Å². The van der Waals surface area contributed by atoms with E-state index in [1.165, 1.54) is 13.8 Å². The molecule has 204 valence electrons. The summed E-state index contributed by atoms with van der Waals surface area (Å²) in [6.45, 7) is 3.33. The fourth-order valence-electron chi connectivity index (χ4n) is 4.86. The molecule has 0 radical (unpaired) electrons. The van der Waals surface area contributed by atoms with Crippen molar-refractivity contribution < 1.29 is 44.3 Å². The van der Waals surface area contributed by atoms with E-state index < -0.39 is 61.3 Å². The van der Waals surface area contributed by atoms with Gasteiger partial charge >= 0.3 is 12.4 Å². The topological polar surface area (TPSA) is 84.5 Å². The van der Waals surface area contributed by atoms with Gasteiger partial charge in [0.15, 0.2) is 14.6 Å². The van der Waals surface area contributed by atoms with E-state index in [4.69, 9.17) is 4.74 Å². The zero-order chi connectivity index (χ0) is 26.9. The molecule has 1 heterocycles. The molecule has 2 aliphatic rings. The number of sulfone groups is 1. The molecule has 0 aromatic heterocycles. The van der Waals surface area contributed by atoms with Crippen LogP contribution in [-0.4, -0.2) is 49.6 Å². The molecular weight excluding hydrogens is 514 g/mol. The van der Waals surface area contributed by atoms with Crippen molar-refractivity contribution in [1.82, 2.24) is 10.6 Å². The number of rotatable bonds is 7. The van der Waals surface area contributed by atoms with Crippen LogP contribution in [0.15, 0.2) is 18.2 Å².